The van der Waals surface area contributed by atoms with Crippen molar-refractivity contribution in [1.29, 1.82) is 0 Å². The number of amides is 1. The van der Waals surface area contributed by atoms with E-state index < -0.39 is 0 Å². The Hall–Kier alpha value is -1.10. The molecule has 0 bridgehead atoms. The highest BCUT2D eigenvalue weighted by atomic mass is 35.5. The van der Waals surface area contributed by atoms with Crippen molar-refractivity contribution in [1.82, 2.24) is 5.32 Å². The second-order valence-corrected chi connectivity index (χ2v) is 5.04. The molecule has 1 aromatic rings. The van der Waals surface area contributed by atoms with Crippen LogP contribution in [0.3, 0.4) is 0 Å². The van der Waals surface area contributed by atoms with E-state index in [9.17, 15) is 4.79 Å². The number of anilines is 1. The van der Waals surface area contributed by atoms with E-state index in [1.165, 1.54) is 0 Å². The number of hydrogen-bond acceptors (Lipinski definition) is 3. The molecule has 2 rings (SSSR count). The zero-order valence-electron chi connectivity index (χ0n) is 11.9. The van der Waals surface area contributed by atoms with Gasteiger partial charge < -0.3 is 15.4 Å². The molecule has 1 heterocycles. The number of benzene rings is 1. The van der Waals surface area contributed by atoms with Crippen molar-refractivity contribution in [2.24, 2.45) is 5.92 Å². The maximum Gasteiger partial charge on any atom is 0.224 e. The van der Waals surface area contributed by atoms with Gasteiger partial charge in [0, 0.05) is 24.8 Å². The predicted octanol–water partition coefficient (Wildman–Crippen LogP) is 2.58. The van der Waals surface area contributed by atoms with Gasteiger partial charge in [-0.3, -0.25) is 4.79 Å². The van der Waals surface area contributed by atoms with E-state index in [1.54, 1.807) is 7.11 Å². The van der Waals surface area contributed by atoms with Crippen LogP contribution in [0.25, 0.3) is 0 Å². The van der Waals surface area contributed by atoms with Crippen LogP contribution >= 0.6 is 12.4 Å². The molecule has 0 atom stereocenters. The molecule has 0 radical (unpaired) electrons. The molecule has 0 spiro atoms. The first kappa shape index (κ1) is 17.0. The summed E-state index contributed by atoms with van der Waals surface area (Å²) in [6.07, 6.45) is 2.79. The molecular weight excluding hydrogens is 276 g/mol. The van der Waals surface area contributed by atoms with Gasteiger partial charge in [0.05, 0.1) is 6.61 Å². The summed E-state index contributed by atoms with van der Waals surface area (Å²) in [6, 6.07) is 7.79. The Labute approximate surface area is 126 Å². The van der Waals surface area contributed by atoms with Crippen molar-refractivity contribution < 1.29 is 9.53 Å². The van der Waals surface area contributed by atoms with Crippen LogP contribution in [0.1, 0.15) is 24.8 Å². The summed E-state index contributed by atoms with van der Waals surface area (Å²) < 4.78 is 5.14. The lowest BCUT2D eigenvalue weighted by atomic mass is 9.94. The fraction of sp³-hybridized carbons (Fsp3) is 0.533. The molecule has 1 amide bonds. The van der Waals surface area contributed by atoms with Crippen molar-refractivity contribution >= 4 is 24.0 Å². The quantitative estimate of drug-likeness (QED) is 0.878. The van der Waals surface area contributed by atoms with E-state index in [0.717, 1.165) is 37.2 Å². The molecule has 0 aromatic heterocycles. The van der Waals surface area contributed by atoms with Gasteiger partial charge in [-0.2, -0.15) is 0 Å². The van der Waals surface area contributed by atoms with Gasteiger partial charge in [0.2, 0.25) is 5.91 Å². The summed E-state index contributed by atoms with van der Waals surface area (Å²) in [4.78, 5) is 12.1. The van der Waals surface area contributed by atoms with Gasteiger partial charge in [-0.15, -0.1) is 12.4 Å². The lowest BCUT2D eigenvalue weighted by Gasteiger charge is -2.22. The number of nitrogens with one attached hydrogen (secondary N) is 2. The molecule has 0 aliphatic carbocycles. The molecule has 20 heavy (non-hydrogen) atoms. The number of hydrogen-bond donors (Lipinski definition) is 2. The molecule has 0 saturated carbocycles. The number of carbonyl (C=O) groups is 1. The second kappa shape index (κ2) is 8.95. The summed E-state index contributed by atoms with van der Waals surface area (Å²) in [6.45, 7) is 2.57. The average molecular weight is 299 g/mol. The number of rotatable bonds is 5. The van der Waals surface area contributed by atoms with Crippen LogP contribution in [0.5, 0.6) is 0 Å². The van der Waals surface area contributed by atoms with Crippen molar-refractivity contribution in [3.05, 3.63) is 29.8 Å². The summed E-state index contributed by atoms with van der Waals surface area (Å²) >= 11 is 0. The Bertz CT molecular complexity index is 420. The SMILES string of the molecule is COCc1ccccc1NC(=O)CC1CCNCC1.Cl. The Morgan fingerprint density at radius 3 is 2.75 bits per heavy atom. The van der Waals surface area contributed by atoms with Crippen LogP contribution in [-0.2, 0) is 16.1 Å². The number of ether oxygens (including phenoxy) is 1. The standard InChI is InChI=1S/C15H22N2O2.ClH/c1-19-11-13-4-2-3-5-14(13)17-15(18)10-12-6-8-16-9-7-12;/h2-5,12,16H,6-11H2,1H3,(H,17,18);1H. The van der Waals surface area contributed by atoms with Crippen LogP contribution in [-0.4, -0.2) is 26.1 Å². The zero-order chi connectivity index (χ0) is 13.5. The fourth-order valence-corrected chi connectivity index (χ4v) is 2.47. The lowest BCUT2D eigenvalue weighted by molar-refractivity contribution is -0.117. The average Bonchev–Trinajstić information content (AvgIpc) is 2.42. The first-order chi connectivity index (χ1) is 9.29. The monoisotopic (exact) mass is 298 g/mol. The Balaban J connectivity index is 0.00000200. The minimum atomic E-state index is 0. The van der Waals surface area contributed by atoms with Crippen LogP contribution < -0.4 is 10.6 Å². The highest BCUT2D eigenvalue weighted by molar-refractivity contribution is 5.91. The number of carbonyl (C=O) groups excluding carboxylic acids is 1. The first-order valence-corrected chi connectivity index (χ1v) is 6.87. The van der Waals surface area contributed by atoms with Crippen LogP contribution in [0, 0.1) is 5.92 Å². The minimum absolute atomic E-state index is 0. The van der Waals surface area contributed by atoms with E-state index in [2.05, 4.69) is 10.6 Å². The maximum absolute atomic E-state index is 12.1. The van der Waals surface area contributed by atoms with Gasteiger partial charge in [-0.25, -0.2) is 0 Å². The molecule has 5 heteroatoms. The number of methoxy groups -OCH3 is 1. The lowest BCUT2D eigenvalue weighted by Crippen LogP contribution is -2.30. The van der Waals surface area contributed by atoms with E-state index in [1.807, 2.05) is 24.3 Å². The minimum Gasteiger partial charge on any atom is -0.380 e. The first-order valence-electron chi connectivity index (χ1n) is 6.87. The highest BCUT2D eigenvalue weighted by Gasteiger charge is 2.17. The van der Waals surface area contributed by atoms with Gasteiger partial charge in [-0.05, 0) is 37.9 Å². The third kappa shape index (κ3) is 5.12. The molecule has 2 N–H and O–H groups in total. The molecule has 1 aliphatic heterocycles. The largest absolute Gasteiger partial charge is 0.380 e. The summed E-state index contributed by atoms with van der Waals surface area (Å²) in [5.41, 5.74) is 1.88. The Kier molecular flexibility index (Phi) is 7.59. The normalized spacial score (nSPS) is 15.4. The fourth-order valence-electron chi connectivity index (χ4n) is 2.47. The highest BCUT2D eigenvalue weighted by Crippen LogP contribution is 2.19. The number of para-hydroxylation sites is 1. The van der Waals surface area contributed by atoms with Crippen molar-refractivity contribution in [3.8, 4) is 0 Å². The summed E-state index contributed by atoms with van der Waals surface area (Å²) in [5.74, 6) is 0.617. The smallest absolute Gasteiger partial charge is 0.224 e. The maximum atomic E-state index is 12.1. The molecule has 1 aliphatic rings. The molecular formula is C15H23ClN2O2. The van der Waals surface area contributed by atoms with Crippen molar-refractivity contribution in [2.75, 3.05) is 25.5 Å². The third-order valence-corrected chi connectivity index (χ3v) is 3.52. The second-order valence-electron chi connectivity index (χ2n) is 5.04. The predicted molar refractivity (Wildman–Crippen MR) is 83.2 cm³/mol. The van der Waals surface area contributed by atoms with E-state index in [4.69, 9.17) is 4.74 Å². The van der Waals surface area contributed by atoms with Gasteiger partial charge >= 0.3 is 0 Å². The Morgan fingerprint density at radius 2 is 2.05 bits per heavy atom. The molecule has 1 aromatic carbocycles. The number of halogens is 1. The van der Waals surface area contributed by atoms with E-state index in [0.29, 0.717) is 18.9 Å². The molecule has 0 unspecified atom stereocenters. The Morgan fingerprint density at radius 1 is 1.35 bits per heavy atom. The van der Waals surface area contributed by atoms with Crippen molar-refractivity contribution in [3.63, 3.8) is 0 Å². The van der Waals surface area contributed by atoms with Crippen LogP contribution in [0.15, 0.2) is 24.3 Å². The summed E-state index contributed by atoms with van der Waals surface area (Å²) in [5, 5.41) is 6.32. The van der Waals surface area contributed by atoms with Gasteiger partial charge in [0.1, 0.15) is 0 Å². The van der Waals surface area contributed by atoms with E-state index >= 15 is 0 Å². The van der Waals surface area contributed by atoms with Gasteiger partial charge in [0.25, 0.3) is 0 Å². The van der Waals surface area contributed by atoms with Crippen molar-refractivity contribution in [2.45, 2.75) is 25.9 Å². The summed E-state index contributed by atoms with van der Waals surface area (Å²) in [7, 11) is 1.66. The van der Waals surface area contributed by atoms with Gasteiger partial charge in [-0.1, -0.05) is 18.2 Å². The molecule has 4 nitrogen and oxygen atoms in total. The third-order valence-electron chi connectivity index (χ3n) is 3.52. The van der Waals surface area contributed by atoms with Crippen LogP contribution in [0.2, 0.25) is 0 Å². The molecule has 1 saturated heterocycles. The van der Waals surface area contributed by atoms with E-state index in [-0.39, 0.29) is 18.3 Å². The topological polar surface area (TPSA) is 50.4 Å². The number of piperidine rings is 1. The molecule has 112 valence electrons. The molecule has 1 fully saturated rings. The van der Waals surface area contributed by atoms with Gasteiger partial charge in [0.15, 0.2) is 0 Å². The van der Waals surface area contributed by atoms with Crippen LogP contribution in [0.4, 0.5) is 5.69 Å². The zero-order valence-corrected chi connectivity index (χ0v) is 12.7.